The first kappa shape index (κ1) is 12.7. The molecule has 0 amide bonds. The Labute approximate surface area is 83.3 Å². The van der Waals surface area contributed by atoms with Gasteiger partial charge in [-0.1, -0.05) is 12.7 Å². The van der Waals surface area contributed by atoms with Crippen molar-refractivity contribution in [2.24, 2.45) is 5.73 Å². The summed E-state index contributed by atoms with van der Waals surface area (Å²) < 4.78 is 26.0. The van der Waals surface area contributed by atoms with Crippen molar-refractivity contribution in [2.45, 2.75) is 0 Å². The summed E-state index contributed by atoms with van der Waals surface area (Å²) in [5.74, 6) is -0.562. The molecule has 0 aromatic rings. The van der Waals surface area contributed by atoms with Gasteiger partial charge in [0.15, 0.2) is 11.5 Å². The van der Waals surface area contributed by atoms with E-state index in [2.05, 4.69) is 10.8 Å². The van der Waals surface area contributed by atoms with Crippen molar-refractivity contribution in [3.63, 3.8) is 0 Å². The zero-order valence-electron chi connectivity index (χ0n) is 7.80. The summed E-state index contributed by atoms with van der Waals surface area (Å²) >= 11 is 0. The van der Waals surface area contributed by atoms with Gasteiger partial charge < -0.3 is 15.0 Å². The van der Waals surface area contributed by atoms with Gasteiger partial charge in [-0.05, 0) is 12.2 Å². The molecule has 0 unspecified atom stereocenters. The normalized spacial score (nSPS) is 13.9. The molecular weight excluding hydrogens is 206 g/mol. The van der Waals surface area contributed by atoms with E-state index in [1.54, 1.807) is 0 Å². The Bertz CT molecular complexity index is 354. The van der Waals surface area contributed by atoms with Crippen LogP contribution in [-0.2, 0) is 14.3 Å². The first-order valence-corrected chi connectivity index (χ1v) is 5.54. The molecule has 0 radical (unpaired) electrons. The first-order valence-electron chi connectivity index (χ1n) is 3.72. The van der Waals surface area contributed by atoms with Crippen LogP contribution in [0.25, 0.3) is 0 Å². The maximum absolute atomic E-state index is 10.8. The summed E-state index contributed by atoms with van der Waals surface area (Å²) in [7, 11) is -3.67. The summed E-state index contributed by atoms with van der Waals surface area (Å²) in [6, 6.07) is 0. The molecule has 0 spiro atoms. The Balaban J connectivity index is 4.94. The van der Waals surface area contributed by atoms with Crippen LogP contribution in [-0.4, -0.2) is 26.3 Å². The first-order chi connectivity index (χ1) is 6.40. The average Bonchev–Trinajstić information content (AvgIpc) is 2.09. The van der Waals surface area contributed by atoms with E-state index in [9.17, 15) is 13.5 Å². The van der Waals surface area contributed by atoms with Crippen molar-refractivity contribution in [3.05, 3.63) is 36.3 Å². The smallest absolute Gasteiger partial charge is 0.306 e. The predicted octanol–water partition coefficient (Wildman–Crippen LogP) is 0.433. The highest BCUT2D eigenvalue weighted by Crippen LogP contribution is 2.09. The molecule has 14 heavy (non-hydrogen) atoms. The Morgan fingerprint density at radius 1 is 1.64 bits per heavy atom. The predicted molar refractivity (Wildman–Crippen MR) is 54.0 cm³/mol. The molecular formula is C8H13NO4S. The number of nitrogens with two attached hydrogens (primary N) is 1. The molecule has 0 aromatic carbocycles. The number of rotatable bonds is 5. The van der Waals surface area contributed by atoms with E-state index in [0.717, 1.165) is 12.3 Å². The van der Waals surface area contributed by atoms with E-state index in [1.165, 1.54) is 12.2 Å². The molecule has 80 valence electrons. The maximum Gasteiger partial charge on any atom is 0.306 e. The van der Waals surface area contributed by atoms with Crippen molar-refractivity contribution in [1.29, 1.82) is 0 Å². The Kier molecular flexibility index (Phi) is 4.96. The summed E-state index contributed by atoms with van der Waals surface area (Å²) in [5.41, 5.74) is 5.16. The van der Waals surface area contributed by atoms with Gasteiger partial charge in [-0.25, -0.2) is 0 Å². The van der Waals surface area contributed by atoms with Crippen molar-refractivity contribution >= 4 is 10.1 Å². The number of aliphatic hydroxyl groups is 1. The van der Waals surface area contributed by atoms with Crippen LogP contribution in [0.4, 0.5) is 0 Å². The zero-order valence-corrected chi connectivity index (χ0v) is 8.62. The number of allylic oxidation sites excluding steroid dienone is 2. The fourth-order valence-electron chi connectivity index (χ4n) is 0.595. The van der Waals surface area contributed by atoms with Crippen LogP contribution in [0.15, 0.2) is 36.3 Å². The minimum atomic E-state index is -3.67. The van der Waals surface area contributed by atoms with Crippen LogP contribution >= 0.6 is 0 Å². The SMILES string of the molecule is C=C/C(O)=C(\C=C/CN)OS(C)(=O)=O. The molecule has 0 saturated heterocycles. The fraction of sp³-hybridized carbons (Fsp3) is 0.250. The third-order valence-corrected chi connectivity index (χ3v) is 1.57. The molecule has 0 aliphatic carbocycles. The third kappa shape index (κ3) is 5.39. The summed E-state index contributed by atoms with van der Waals surface area (Å²) in [6.45, 7) is 3.48. The highest BCUT2D eigenvalue weighted by molar-refractivity contribution is 7.86. The van der Waals surface area contributed by atoms with Crippen LogP contribution in [0.3, 0.4) is 0 Å². The van der Waals surface area contributed by atoms with Gasteiger partial charge in [0.05, 0.1) is 6.26 Å². The van der Waals surface area contributed by atoms with Gasteiger partial charge in [-0.3, -0.25) is 0 Å². The lowest BCUT2D eigenvalue weighted by atomic mass is 10.3. The van der Waals surface area contributed by atoms with E-state index >= 15 is 0 Å². The van der Waals surface area contributed by atoms with Gasteiger partial charge >= 0.3 is 10.1 Å². The Morgan fingerprint density at radius 3 is 2.57 bits per heavy atom. The van der Waals surface area contributed by atoms with E-state index in [4.69, 9.17) is 5.73 Å². The number of aliphatic hydroxyl groups excluding tert-OH is 1. The van der Waals surface area contributed by atoms with E-state index in [0.29, 0.717) is 0 Å². The largest absolute Gasteiger partial charge is 0.504 e. The number of hydrogen-bond acceptors (Lipinski definition) is 5. The molecule has 0 atom stereocenters. The van der Waals surface area contributed by atoms with Crippen LogP contribution in [0.5, 0.6) is 0 Å². The highest BCUT2D eigenvalue weighted by atomic mass is 32.2. The quantitative estimate of drug-likeness (QED) is 0.397. The van der Waals surface area contributed by atoms with Crippen LogP contribution < -0.4 is 5.73 Å². The average molecular weight is 219 g/mol. The van der Waals surface area contributed by atoms with Crippen molar-refractivity contribution < 1.29 is 17.7 Å². The highest BCUT2D eigenvalue weighted by Gasteiger charge is 2.08. The lowest BCUT2D eigenvalue weighted by molar-refractivity contribution is 0.361. The Morgan fingerprint density at radius 2 is 2.21 bits per heavy atom. The van der Waals surface area contributed by atoms with E-state index in [1.807, 2.05) is 0 Å². The topological polar surface area (TPSA) is 89.6 Å². The lowest BCUT2D eigenvalue weighted by Crippen LogP contribution is -2.04. The second-order valence-electron chi connectivity index (χ2n) is 2.38. The van der Waals surface area contributed by atoms with Gasteiger partial charge in [-0.2, -0.15) is 8.42 Å². The molecule has 6 heteroatoms. The summed E-state index contributed by atoms with van der Waals surface area (Å²) in [6.07, 6.45) is 4.65. The van der Waals surface area contributed by atoms with Crippen molar-refractivity contribution in [1.82, 2.24) is 0 Å². The third-order valence-electron chi connectivity index (χ3n) is 1.09. The molecule has 0 fully saturated rings. The second kappa shape index (κ2) is 5.46. The van der Waals surface area contributed by atoms with Crippen LogP contribution in [0.2, 0.25) is 0 Å². The van der Waals surface area contributed by atoms with Crippen molar-refractivity contribution in [2.75, 3.05) is 12.8 Å². The molecule has 0 aromatic heterocycles. The van der Waals surface area contributed by atoms with Gasteiger partial charge in [0, 0.05) is 6.54 Å². The lowest BCUT2D eigenvalue weighted by Gasteiger charge is -2.04. The minimum Gasteiger partial charge on any atom is -0.504 e. The summed E-state index contributed by atoms with van der Waals surface area (Å²) in [5, 5.41) is 9.19. The molecule has 0 heterocycles. The molecule has 3 N–H and O–H groups in total. The molecule has 0 rings (SSSR count). The van der Waals surface area contributed by atoms with E-state index < -0.39 is 10.1 Å². The number of hydrogen-bond donors (Lipinski definition) is 2. The molecule has 0 aliphatic heterocycles. The zero-order chi connectivity index (χ0) is 11.2. The van der Waals surface area contributed by atoms with E-state index in [-0.39, 0.29) is 18.1 Å². The van der Waals surface area contributed by atoms with Crippen LogP contribution in [0, 0.1) is 0 Å². The monoisotopic (exact) mass is 219 g/mol. The molecule has 0 bridgehead atoms. The standard InChI is InChI=1S/C8H13NO4S/c1-3-7(10)8(5-4-6-9)13-14(2,11)12/h3-5,10H,1,6,9H2,2H3/b5-4-,8-7-. The molecule has 0 aliphatic rings. The van der Waals surface area contributed by atoms with Gasteiger partial charge in [0.2, 0.25) is 0 Å². The van der Waals surface area contributed by atoms with Crippen LogP contribution in [0.1, 0.15) is 0 Å². The maximum atomic E-state index is 10.8. The minimum absolute atomic E-state index is 0.201. The fourth-order valence-corrected chi connectivity index (χ4v) is 1.06. The van der Waals surface area contributed by atoms with Gasteiger partial charge in [-0.15, -0.1) is 0 Å². The van der Waals surface area contributed by atoms with Gasteiger partial charge in [0.1, 0.15) is 0 Å². The summed E-state index contributed by atoms with van der Waals surface area (Å²) in [4.78, 5) is 0. The Hall–Kier alpha value is -1.27. The molecule has 0 saturated carbocycles. The van der Waals surface area contributed by atoms with Gasteiger partial charge in [0.25, 0.3) is 0 Å². The second-order valence-corrected chi connectivity index (χ2v) is 3.95. The van der Waals surface area contributed by atoms with Crippen molar-refractivity contribution in [3.8, 4) is 0 Å². The molecule has 5 nitrogen and oxygen atoms in total.